The van der Waals surface area contributed by atoms with Crippen molar-refractivity contribution in [3.63, 3.8) is 0 Å². The van der Waals surface area contributed by atoms with Gasteiger partial charge in [-0.1, -0.05) is 60.7 Å². The van der Waals surface area contributed by atoms with Crippen LogP contribution in [0.5, 0.6) is 0 Å². The van der Waals surface area contributed by atoms with Crippen LogP contribution in [-0.4, -0.2) is 10.3 Å². The van der Waals surface area contributed by atoms with Crippen LogP contribution in [0.15, 0.2) is 72.8 Å². The predicted molar refractivity (Wildman–Crippen MR) is 89.2 cm³/mol. The first-order valence-electron chi connectivity index (χ1n) is 6.81. The summed E-state index contributed by atoms with van der Waals surface area (Å²) < 4.78 is 2.34. The molecule has 0 aliphatic heterocycles. The molecular formula is C18H17NS. The molecule has 1 nitrogen and oxygen atoms in total. The summed E-state index contributed by atoms with van der Waals surface area (Å²) in [5, 5.41) is 0. The van der Waals surface area contributed by atoms with Gasteiger partial charge < -0.3 is 4.57 Å². The van der Waals surface area contributed by atoms with Crippen LogP contribution < -0.4 is 0 Å². The Balaban J connectivity index is 2.12. The first-order valence-corrected chi connectivity index (χ1v) is 7.44. The molecule has 3 aromatic rings. The van der Waals surface area contributed by atoms with Crippen molar-refractivity contribution in [2.45, 2.75) is 6.54 Å². The van der Waals surface area contributed by atoms with Crippen LogP contribution in [0.2, 0.25) is 0 Å². The molecule has 0 aliphatic carbocycles. The largest absolute Gasteiger partial charge is 0.340 e. The normalized spacial score (nSPS) is 10.7. The Kier molecular flexibility index (Phi) is 3.93. The van der Waals surface area contributed by atoms with Gasteiger partial charge in [0.05, 0.1) is 0 Å². The third-order valence-electron chi connectivity index (χ3n) is 3.44. The highest BCUT2D eigenvalue weighted by Gasteiger charge is 2.10. The van der Waals surface area contributed by atoms with Crippen molar-refractivity contribution in [2.75, 3.05) is 5.75 Å². The van der Waals surface area contributed by atoms with Crippen molar-refractivity contribution in [3.8, 4) is 22.5 Å². The topological polar surface area (TPSA) is 4.93 Å². The molecule has 0 atom stereocenters. The Morgan fingerprint density at radius 2 is 1.10 bits per heavy atom. The van der Waals surface area contributed by atoms with Gasteiger partial charge in [0, 0.05) is 23.7 Å². The lowest BCUT2D eigenvalue weighted by Gasteiger charge is -2.12. The number of rotatable bonds is 4. The maximum Gasteiger partial charge on any atom is 0.0485 e. The van der Waals surface area contributed by atoms with Gasteiger partial charge >= 0.3 is 0 Å². The van der Waals surface area contributed by atoms with E-state index < -0.39 is 0 Å². The number of thiol groups is 1. The van der Waals surface area contributed by atoms with E-state index in [4.69, 9.17) is 0 Å². The quantitative estimate of drug-likeness (QED) is 0.657. The van der Waals surface area contributed by atoms with E-state index in [1.54, 1.807) is 0 Å². The molecule has 0 bridgehead atoms. The molecule has 3 rings (SSSR count). The third-order valence-corrected chi connectivity index (χ3v) is 3.64. The Bertz CT molecular complexity index is 614. The molecule has 0 saturated heterocycles. The summed E-state index contributed by atoms with van der Waals surface area (Å²) in [7, 11) is 0. The standard InChI is InChI=1S/C18H17NS/c20-14-13-19-17(15-7-3-1-4-8-15)11-12-18(19)16-9-5-2-6-10-16/h1-12,20H,13-14H2. The minimum Gasteiger partial charge on any atom is -0.340 e. The summed E-state index contributed by atoms with van der Waals surface area (Å²) in [6.07, 6.45) is 0. The Morgan fingerprint density at radius 1 is 0.650 bits per heavy atom. The molecule has 0 spiro atoms. The highest BCUT2D eigenvalue weighted by atomic mass is 32.1. The molecule has 0 aliphatic rings. The van der Waals surface area contributed by atoms with Gasteiger partial charge in [-0.15, -0.1) is 0 Å². The van der Waals surface area contributed by atoms with E-state index in [2.05, 4.69) is 77.9 Å². The molecule has 2 heteroatoms. The van der Waals surface area contributed by atoms with E-state index >= 15 is 0 Å². The molecule has 0 N–H and O–H groups in total. The van der Waals surface area contributed by atoms with Gasteiger partial charge in [-0.05, 0) is 23.3 Å². The fourth-order valence-electron chi connectivity index (χ4n) is 2.53. The Morgan fingerprint density at radius 3 is 1.50 bits per heavy atom. The zero-order valence-electron chi connectivity index (χ0n) is 11.2. The summed E-state index contributed by atoms with van der Waals surface area (Å²) in [4.78, 5) is 0. The summed E-state index contributed by atoms with van der Waals surface area (Å²) in [6, 6.07) is 25.4. The zero-order chi connectivity index (χ0) is 13.8. The highest BCUT2D eigenvalue weighted by Crippen LogP contribution is 2.28. The summed E-state index contributed by atoms with van der Waals surface area (Å²) in [5.41, 5.74) is 4.99. The molecule has 0 unspecified atom stereocenters. The Labute approximate surface area is 125 Å². The van der Waals surface area contributed by atoms with Gasteiger partial charge in [0.25, 0.3) is 0 Å². The molecule has 0 amide bonds. The van der Waals surface area contributed by atoms with Gasteiger partial charge in [-0.2, -0.15) is 12.6 Å². The van der Waals surface area contributed by atoms with E-state index in [0.717, 1.165) is 12.3 Å². The fraction of sp³-hybridized carbons (Fsp3) is 0.111. The van der Waals surface area contributed by atoms with Crippen LogP contribution >= 0.6 is 12.6 Å². The highest BCUT2D eigenvalue weighted by molar-refractivity contribution is 7.80. The molecule has 0 fully saturated rings. The third kappa shape index (κ3) is 2.52. The minimum atomic E-state index is 0.828. The molecule has 20 heavy (non-hydrogen) atoms. The predicted octanol–water partition coefficient (Wildman–Crippen LogP) is 4.75. The van der Waals surface area contributed by atoms with Crippen molar-refractivity contribution in [3.05, 3.63) is 72.8 Å². The number of benzene rings is 2. The number of hydrogen-bond acceptors (Lipinski definition) is 1. The van der Waals surface area contributed by atoms with Gasteiger partial charge in [0.15, 0.2) is 0 Å². The van der Waals surface area contributed by atoms with Crippen LogP contribution in [0.1, 0.15) is 0 Å². The first kappa shape index (κ1) is 13.1. The number of nitrogens with zero attached hydrogens (tertiary/aromatic N) is 1. The van der Waals surface area contributed by atoms with E-state index in [1.165, 1.54) is 22.5 Å². The number of hydrogen-bond donors (Lipinski definition) is 1. The smallest absolute Gasteiger partial charge is 0.0485 e. The van der Waals surface area contributed by atoms with E-state index in [-0.39, 0.29) is 0 Å². The SMILES string of the molecule is SCCn1c(-c2ccccc2)ccc1-c1ccccc1. The molecule has 1 aromatic heterocycles. The average molecular weight is 279 g/mol. The van der Waals surface area contributed by atoms with E-state index in [1.807, 2.05) is 12.1 Å². The molecule has 1 heterocycles. The molecule has 100 valence electrons. The lowest BCUT2D eigenvalue weighted by molar-refractivity contribution is 0.796. The second-order valence-corrected chi connectivity index (χ2v) is 5.16. The number of aromatic nitrogens is 1. The van der Waals surface area contributed by atoms with Crippen molar-refractivity contribution < 1.29 is 0 Å². The minimum absolute atomic E-state index is 0.828. The Hall–Kier alpha value is -1.93. The first-order chi connectivity index (χ1) is 9.90. The van der Waals surface area contributed by atoms with Gasteiger partial charge in [0.2, 0.25) is 0 Å². The summed E-state index contributed by atoms with van der Waals surface area (Å²) in [5.74, 6) is 0.828. The molecular weight excluding hydrogens is 262 g/mol. The van der Waals surface area contributed by atoms with Crippen LogP contribution in [0.3, 0.4) is 0 Å². The summed E-state index contributed by atoms with van der Waals surface area (Å²) in [6.45, 7) is 0.907. The van der Waals surface area contributed by atoms with Gasteiger partial charge in [0.1, 0.15) is 0 Å². The van der Waals surface area contributed by atoms with Crippen LogP contribution in [0.4, 0.5) is 0 Å². The molecule has 2 aromatic carbocycles. The second-order valence-electron chi connectivity index (χ2n) is 4.71. The van der Waals surface area contributed by atoms with Crippen LogP contribution in [0, 0.1) is 0 Å². The van der Waals surface area contributed by atoms with Gasteiger partial charge in [-0.25, -0.2) is 0 Å². The van der Waals surface area contributed by atoms with Crippen molar-refractivity contribution in [2.24, 2.45) is 0 Å². The zero-order valence-corrected chi connectivity index (χ0v) is 12.1. The second kappa shape index (κ2) is 6.02. The van der Waals surface area contributed by atoms with Gasteiger partial charge in [-0.3, -0.25) is 0 Å². The molecule has 0 saturated carbocycles. The average Bonchev–Trinajstić information content (AvgIpc) is 2.93. The molecule has 0 radical (unpaired) electrons. The monoisotopic (exact) mass is 279 g/mol. The van der Waals surface area contributed by atoms with Crippen molar-refractivity contribution in [1.29, 1.82) is 0 Å². The maximum absolute atomic E-state index is 4.41. The van der Waals surface area contributed by atoms with Crippen molar-refractivity contribution >= 4 is 12.6 Å². The lowest BCUT2D eigenvalue weighted by Crippen LogP contribution is -2.03. The lowest BCUT2D eigenvalue weighted by atomic mass is 10.1. The van der Waals surface area contributed by atoms with Crippen LogP contribution in [0.25, 0.3) is 22.5 Å². The van der Waals surface area contributed by atoms with Crippen molar-refractivity contribution in [1.82, 2.24) is 4.57 Å². The fourth-order valence-corrected chi connectivity index (χ4v) is 2.73. The van der Waals surface area contributed by atoms with Crippen LogP contribution in [-0.2, 0) is 6.54 Å². The van der Waals surface area contributed by atoms with E-state index in [0.29, 0.717) is 0 Å². The maximum atomic E-state index is 4.41. The summed E-state index contributed by atoms with van der Waals surface area (Å²) >= 11 is 4.41. The van der Waals surface area contributed by atoms with E-state index in [9.17, 15) is 0 Å².